The number of nitrogens with two attached hydrogens (primary N) is 1. The lowest BCUT2D eigenvalue weighted by molar-refractivity contribution is 0.641. The van der Waals surface area contributed by atoms with E-state index in [0.29, 0.717) is 11.8 Å². The number of hydrogen-bond donors (Lipinski definition) is 2. The molecule has 0 bridgehead atoms. The van der Waals surface area contributed by atoms with E-state index in [0.717, 1.165) is 23.6 Å². The van der Waals surface area contributed by atoms with Crippen LogP contribution in [-0.4, -0.2) is 20.5 Å². The van der Waals surface area contributed by atoms with Crippen LogP contribution >= 0.6 is 11.8 Å². The summed E-state index contributed by atoms with van der Waals surface area (Å²) in [7, 11) is 0. The molecule has 0 aliphatic heterocycles. The quantitative estimate of drug-likeness (QED) is 0.831. The van der Waals surface area contributed by atoms with Crippen LogP contribution in [0.2, 0.25) is 0 Å². The Labute approximate surface area is 127 Å². The highest BCUT2D eigenvalue weighted by Crippen LogP contribution is 2.36. The maximum atomic E-state index is 11.7. The summed E-state index contributed by atoms with van der Waals surface area (Å²) in [5.41, 5.74) is 9.80. The van der Waals surface area contributed by atoms with Crippen LogP contribution in [0.1, 0.15) is 41.6 Å². The van der Waals surface area contributed by atoms with Gasteiger partial charge in [-0.25, -0.2) is 9.89 Å². The Bertz CT molecular complexity index is 702. The molecular formula is C15H20N4OS. The van der Waals surface area contributed by atoms with Gasteiger partial charge >= 0.3 is 5.69 Å². The molecule has 5 nitrogen and oxygen atoms in total. The van der Waals surface area contributed by atoms with Crippen LogP contribution in [0.4, 0.5) is 0 Å². The number of aromatic nitrogens is 3. The van der Waals surface area contributed by atoms with Crippen LogP contribution < -0.4 is 11.4 Å². The second kappa shape index (κ2) is 5.69. The number of aromatic amines is 1. The van der Waals surface area contributed by atoms with E-state index in [4.69, 9.17) is 5.73 Å². The normalized spacial score (nSPS) is 16.1. The van der Waals surface area contributed by atoms with Gasteiger partial charge < -0.3 is 5.73 Å². The lowest BCUT2D eigenvalue weighted by Crippen LogP contribution is -2.17. The molecule has 1 unspecified atom stereocenters. The van der Waals surface area contributed by atoms with Gasteiger partial charge in [-0.1, -0.05) is 30.0 Å². The fraction of sp³-hybridized carbons (Fsp3) is 0.467. The molecule has 0 amide bonds. The zero-order chi connectivity index (χ0) is 15.0. The van der Waals surface area contributed by atoms with Gasteiger partial charge in [0, 0.05) is 17.8 Å². The molecule has 3 rings (SSSR count). The van der Waals surface area contributed by atoms with Crippen LogP contribution in [0.25, 0.3) is 0 Å². The molecule has 2 aromatic rings. The molecule has 1 aliphatic carbocycles. The first-order valence-electron chi connectivity index (χ1n) is 7.18. The Morgan fingerprint density at radius 1 is 1.43 bits per heavy atom. The lowest BCUT2D eigenvalue weighted by Gasteiger charge is -2.13. The van der Waals surface area contributed by atoms with E-state index in [1.807, 2.05) is 0 Å². The number of nitrogens with one attached hydrogen (secondary N) is 1. The van der Waals surface area contributed by atoms with Gasteiger partial charge in [0.1, 0.15) is 0 Å². The first-order chi connectivity index (χ1) is 10.1. The second-order valence-electron chi connectivity index (χ2n) is 5.67. The van der Waals surface area contributed by atoms with Crippen molar-refractivity contribution < 1.29 is 0 Å². The largest absolute Gasteiger partial charge is 0.344 e. The summed E-state index contributed by atoms with van der Waals surface area (Å²) < 4.78 is 1.76. The molecule has 112 valence electrons. The molecule has 1 saturated carbocycles. The SMILES string of the molecule is Cc1ccc(C(N)CSc2n[nH]c(=O)n2C2CC2)cc1C. The molecule has 21 heavy (non-hydrogen) atoms. The van der Waals surface area contributed by atoms with Crippen LogP contribution in [0, 0.1) is 13.8 Å². The average Bonchev–Trinajstić information content (AvgIpc) is 3.23. The van der Waals surface area contributed by atoms with E-state index in [1.165, 1.54) is 11.1 Å². The summed E-state index contributed by atoms with van der Waals surface area (Å²) in [6, 6.07) is 6.58. The van der Waals surface area contributed by atoms with Crippen molar-refractivity contribution in [2.24, 2.45) is 5.73 Å². The zero-order valence-electron chi connectivity index (χ0n) is 12.3. The van der Waals surface area contributed by atoms with E-state index in [-0.39, 0.29) is 11.7 Å². The molecule has 1 aliphatic rings. The highest BCUT2D eigenvalue weighted by molar-refractivity contribution is 7.99. The predicted molar refractivity (Wildman–Crippen MR) is 84.7 cm³/mol. The minimum Gasteiger partial charge on any atom is -0.323 e. The molecule has 3 N–H and O–H groups in total. The van der Waals surface area contributed by atoms with Crippen LogP contribution in [0.15, 0.2) is 28.2 Å². The van der Waals surface area contributed by atoms with Crippen molar-refractivity contribution in [3.8, 4) is 0 Å². The third-order valence-electron chi connectivity index (χ3n) is 3.94. The molecule has 1 heterocycles. The van der Waals surface area contributed by atoms with Gasteiger partial charge in [-0.2, -0.15) is 0 Å². The van der Waals surface area contributed by atoms with Crippen molar-refractivity contribution >= 4 is 11.8 Å². The van der Waals surface area contributed by atoms with Gasteiger partial charge in [-0.05, 0) is 43.4 Å². The number of nitrogens with zero attached hydrogens (tertiary/aromatic N) is 2. The van der Waals surface area contributed by atoms with Crippen molar-refractivity contribution in [2.45, 2.75) is 43.9 Å². The minimum atomic E-state index is -0.111. The third kappa shape index (κ3) is 3.06. The topological polar surface area (TPSA) is 76.7 Å². The first-order valence-corrected chi connectivity index (χ1v) is 8.17. The molecule has 6 heteroatoms. The van der Waals surface area contributed by atoms with E-state index in [1.54, 1.807) is 16.3 Å². The molecule has 1 atom stereocenters. The number of H-pyrrole nitrogens is 1. The number of rotatable bonds is 5. The number of thioether (sulfide) groups is 1. The van der Waals surface area contributed by atoms with Gasteiger partial charge in [0.05, 0.1) is 0 Å². The predicted octanol–water partition coefficient (Wildman–Crippen LogP) is 2.32. The summed E-state index contributed by atoms with van der Waals surface area (Å²) >= 11 is 1.54. The van der Waals surface area contributed by atoms with Gasteiger partial charge in [0.2, 0.25) is 0 Å². The summed E-state index contributed by atoms with van der Waals surface area (Å²) in [6.45, 7) is 4.19. The minimum absolute atomic E-state index is 0.0613. The van der Waals surface area contributed by atoms with Gasteiger partial charge in [-0.15, -0.1) is 5.10 Å². The van der Waals surface area contributed by atoms with E-state index < -0.39 is 0 Å². The summed E-state index contributed by atoms with van der Waals surface area (Å²) in [4.78, 5) is 11.7. The van der Waals surface area contributed by atoms with Crippen molar-refractivity contribution in [3.05, 3.63) is 45.4 Å². The highest BCUT2D eigenvalue weighted by Gasteiger charge is 2.28. The lowest BCUT2D eigenvalue weighted by atomic mass is 10.0. The summed E-state index contributed by atoms with van der Waals surface area (Å²) in [5, 5.41) is 7.39. The number of benzene rings is 1. The Morgan fingerprint density at radius 2 is 2.19 bits per heavy atom. The van der Waals surface area contributed by atoms with Crippen molar-refractivity contribution in [1.29, 1.82) is 0 Å². The molecule has 0 radical (unpaired) electrons. The monoisotopic (exact) mass is 304 g/mol. The smallest absolute Gasteiger partial charge is 0.323 e. The fourth-order valence-corrected chi connectivity index (χ4v) is 3.30. The Kier molecular flexibility index (Phi) is 3.91. The number of aryl methyl sites for hydroxylation is 2. The highest BCUT2D eigenvalue weighted by atomic mass is 32.2. The zero-order valence-corrected chi connectivity index (χ0v) is 13.1. The summed E-state index contributed by atoms with van der Waals surface area (Å²) in [6.07, 6.45) is 2.13. The Hall–Kier alpha value is -1.53. The average molecular weight is 304 g/mol. The molecule has 1 aromatic carbocycles. The van der Waals surface area contributed by atoms with Crippen LogP contribution in [0.3, 0.4) is 0 Å². The van der Waals surface area contributed by atoms with E-state index >= 15 is 0 Å². The van der Waals surface area contributed by atoms with Crippen molar-refractivity contribution in [2.75, 3.05) is 5.75 Å². The fourth-order valence-electron chi connectivity index (χ4n) is 2.30. The molecule has 0 spiro atoms. The van der Waals surface area contributed by atoms with E-state index in [9.17, 15) is 4.79 Å². The maximum Gasteiger partial charge on any atom is 0.344 e. The maximum absolute atomic E-state index is 11.7. The number of hydrogen-bond acceptors (Lipinski definition) is 4. The first kappa shape index (κ1) is 14.4. The molecule has 1 fully saturated rings. The van der Waals surface area contributed by atoms with Crippen LogP contribution in [-0.2, 0) is 0 Å². The molecule has 1 aromatic heterocycles. The molecular weight excluding hydrogens is 284 g/mol. The van der Waals surface area contributed by atoms with Crippen LogP contribution in [0.5, 0.6) is 0 Å². The molecule has 0 saturated heterocycles. The van der Waals surface area contributed by atoms with Gasteiger partial charge in [0.25, 0.3) is 0 Å². The summed E-state index contributed by atoms with van der Waals surface area (Å²) in [5.74, 6) is 0.708. The third-order valence-corrected chi connectivity index (χ3v) is 5.01. The van der Waals surface area contributed by atoms with E-state index in [2.05, 4.69) is 42.2 Å². The van der Waals surface area contributed by atoms with Crippen molar-refractivity contribution in [3.63, 3.8) is 0 Å². The standard InChI is InChI=1S/C15H20N4OS/c1-9-3-4-11(7-10(9)2)13(16)8-21-15-18-17-14(20)19(15)12-5-6-12/h3-4,7,12-13H,5-6,8,16H2,1-2H3,(H,17,20). The second-order valence-corrected chi connectivity index (χ2v) is 6.66. The Balaban J connectivity index is 1.69. The van der Waals surface area contributed by atoms with Gasteiger partial charge in [0.15, 0.2) is 5.16 Å². The van der Waals surface area contributed by atoms with Gasteiger partial charge in [-0.3, -0.25) is 4.57 Å². The Morgan fingerprint density at radius 3 is 2.86 bits per heavy atom. The van der Waals surface area contributed by atoms with Crippen molar-refractivity contribution in [1.82, 2.24) is 14.8 Å².